The molecule has 0 saturated carbocycles. The first-order chi connectivity index (χ1) is 10.0. The lowest BCUT2D eigenvalue weighted by atomic mass is 9.88. The Hall–Kier alpha value is -0.860. The highest BCUT2D eigenvalue weighted by molar-refractivity contribution is 5.25. The molecule has 4 unspecified atom stereocenters. The van der Waals surface area contributed by atoms with Crippen LogP contribution < -0.4 is 5.32 Å². The zero-order valence-electron chi connectivity index (χ0n) is 14.4. The van der Waals surface area contributed by atoms with Gasteiger partial charge in [0.15, 0.2) is 0 Å². The van der Waals surface area contributed by atoms with E-state index in [1.165, 1.54) is 30.5 Å². The van der Waals surface area contributed by atoms with Gasteiger partial charge < -0.3 is 5.32 Å². The van der Waals surface area contributed by atoms with Crippen molar-refractivity contribution in [3.8, 4) is 0 Å². The molecule has 1 aliphatic heterocycles. The van der Waals surface area contributed by atoms with Crippen molar-refractivity contribution in [1.82, 2.24) is 10.2 Å². The van der Waals surface area contributed by atoms with Crippen molar-refractivity contribution in [2.45, 2.75) is 65.6 Å². The molecule has 4 atom stereocenters. The summed E-state index contributed by atoms with van der Waals surface area (Å²) in [4.78, 5) is 2.71. The maximum atomic E-state index is 3.71. The molecule has 2 rings (SSSR count). The van der Waals surface area contributed by atoms with Crippen LogP contribution in [0.4, 0.5) is 0 Å². The van der Waals surface area contributed by atoms with E-state index in [1.54, 1.807) is 0 Å². The summed E-state index contributed by atoms with van der Waals surface area (Å²) < 4.78 is 0. The molecule has 21 heavy (non-hydrogen) atoms. The SMILES string of the molecule is CCNC(c1ccc(C)cc1)C(C)N1CCCC(C)C1C. The Morgan fingerprint density at radius 1 is 1.24 bits per heavy atom. The van der Waals surface area contributed by atoms with Crippen LogP contribution in [0.5, 0.6) is 0 Å². The number of rotatable bonds is 5. The van der Waals surface area contributed by atoms with Crippen LogP contribution in [0.1, 0.15) is 57.7 Å². The third-order valence-corrected chi connectivity index (χ3v) is 5.29. The highest BCUT2D eigenvalue weighted by Crippen LogP contribution is 2.30. The second-order valence-corrected chi connectivity index (χ2v) is 6.78. The van der Waals surface area contributed by atoms with E-state index in [4.69, 9.17) is 0 Å². The fourth-order valence-electron chi connectivity index (χ4n) is 3.69. The van der Waals surface area contributed by atoms with Gasteiger partial charge >= 0.3 is 0 Å². The summed E-state index contributed by atoms with van der Waals surface area (Å²) >= 11 is 0. The molecule has 0 spiro atoms. The van der Waals surface area contributed by atoms with E-state index in [0.717, 1.165) is 12.5 Å². The lowest BCUT2D eigenvalue weighted by Gasteiger charge is -2.44. The van der Waals surface area contributed by atoms with E-state index in [9.17, 15) is 0 Å². The largest absolute Gasteiger partial charge is 0.309 e. The lowest BCUT2D eigenvalue weighted by molar-refractivity contribution is 0.0577. The van der Waals surface area contributed by atoms with Gasteiger partial charge in [0.1, 0.15) is 0 Å². The summed E-state index contributed by atoms with van der Waals surface area (Å²) in [5.41, 5.74) is 2.75. The molecule has 0 aliphatic carbocycles. The summed E-state index contributed by atoms with van der Waals surface area (Å²) in [7, 11) is 0. The van der Waals surface area contributed by atoms with Gasteiger partial charge in [0, 0.05) is 18.1 Å². The smallest absolute Gasteiger partial charge is 0.0475 e. The number of hydrogen-bond donors (Lipinski definition) is 1. The summed E-state index contributed by atoms with van der Waals surface area (Å²) in [6.07, 6.45) is 2.71. The number of nitrogens with zero attached hydrogens (tertiary/aromatic N) is 1. The standard InChI is InChI=1S/C19H32N2/c1-6-20-19(18-11-9-14(2)10-12-18)17(5)21-13-7-8-15(3)16(21)4/h9-12,15-17,19-20H,6-8,13H2,1-5H3. The van der Waals surface area contributed by atoms with Gasteiger partial charge in [-0.1, -0.05) is 43.7 Å². The topological polar surface area (TPSA) is 15.3 Å². The first kappa shape index (κ1) is 16.5. The molecule has 1 N–H and O–H groups in total. The second-order valence-electron chi connectivity index (χ2n) is 6.78. The molecule has 1 aliphatic rings. The molecule has 1 saturated heterocycles. The van der Waals surface area contributed by atoms with Crippen molar-refractivity contribution in [1.29, 1.82) is 0 Å². The van der Waals surface area contributed by atoms with E-state index < -0.39 is 0 Å². The molecule has 118 valence electrons. The molecule has 1 aromatic carbocycles. The number of piperidine rings is 1. The molecule has 1 fully saturated rings. The number of aryl methyl sites for hydroxylation is 1. The van der Waals surface area contributed by atoms with Gasteiger partial charge in [0.05, 0.1) is 0 Å². The van der Waals surface area contributed by atoms with Crippen LogP contribution in [0.25, 0.3) is 0 Å². The summed E-state index contributed by atoms with van der Waals surface area (Å²) in [5, 5.41) is 3.71. The molecule has 2 heteroatoms. The molecule has 0 aromatic heterocycles. The van der Waals surface area contributed by atoms with E-state index in [0.29, 0.717) is 18.1 Å². The van der Waals surface area contributed by atoms with Gasteiger partial charge in [-0.3, -0.25) is 4.90 Å². The van der Waals surface area contributed by atoms with E-state index in [-0.39, 0.29) is 0 Å². The molecule has 1 aromatic rings. The van der Waals surface area contributed by atoms with Crippen LogP contribution in [0.15, 0.2) is 24.3 Å². The zero-order chi connectivity index (χ0) is 15.4. The second kappa shape index (κ2) is 7.42. The molecule has 1 heterocycles. The Morgan fingerprint density at radius 2 is 1.90 bits per heavy atom. The maximum absolute atomic E-state index is 3.71. The average Bonchev–Trinajstić information content (AvgIpc) is 2.48. The minimum atomic E-state index is 0.420. The predicted molar refractivity (Wildman–Crippen MR) is 91.6 cm³/mol. The van der Waals surface area contributed by atoms with Crippen LogP contribution >= 0.6 is 0 Å². The molecule has 0 bridgehead atoms. The van der Waals surface area contributed by atoms with Gasteiger partial charge in [-0.25, -0.2) is 0 Å². The van der Waals surface area contributed by atoms with Crippen molar-refractivity contribution in [3.05, 3.63) is 35.4 Å². The molecular formula is C19H32N2. The van der Waals surface area contributed by atoms with E-state index in [2.05, 4.69) is 69.1 Å². The third-order valence-electron chi connectivity index (χ3n) is 5.29. The Labute approximate surface area is 130 Å². The number of hydrogen-bond acceptors (Lipinski definition) is 2. The van der Waals surface area contributed by atoms with E-state index >= 15 is 0 Å². The predicted octanol–water partition coefficient (Wildman–Crippen LogP) is 4.15. The van der Waals surface area contributed by atoms with Crippen molar-refractivity contribution in [3.63, 3.8) is 0 Å². The van der Waals surface area contributed by atoms with Crippen LogP contribution in [-0.2, 0) is 0 Å². The minimum Gasteiger partial charge on any atom is -0.309 e. The quantitative estimate of drug-likeness (QED) is 0.875. The molecule has 0 amide bonds. The Balaban J connectivity index is 2.18. The van der Waals surface area contributed by atoms with Crippen LogP contribution in [0.2, 0.25) is 0 Å². The van der Waals surface area contributed by atoms with Crippen molar-refractivity contribution in [2.75, 3.05) is 13.1 Å². The van der Waals surface area contributed by atoms with Crippen molar-refractivity contribution < 1.29 is 0 Å². The Bertz CT molecular complexity index is 426. The number of benzene rings is 1. The first-order valence-corrected chi connectivity index (χ1v) is 8.60. The Morgan fingerprint density at radius 3 is 2.52 bits per heavy atom. The average molecular weight is 288 g/mol. The molecule has 2 nitrogen and oxygen atoms in total. The van der Waals surface area contributed by atoms with Gasteiger partial charge in [-0.2, -0.15) is 0 Å². The van der Waals surface area contributed by atoms with Crippen LogP contribution in [0, 0.1) is 12.8 Å². The fourth-order valence-corrected chi connectivity index (χ4v) is 3.69. The third kappa shape index (κ3) is 3.87. The Kier molecular flexibility index (Phi) is 5.83. The zero-order valence-corrected chi connectivity index (χ0v) is 14.4. The number of nitrogens with one attached hydrogen (secondary N) is 1. The van der Waals surface area contributed by atoms with Crippen molar-refractivity contribution >= 4 is 0 Å². The summed E-state index contributed by atoms with van der Waals surface area (Å²) in [6, 6.07) is 10.7. The molecule has 0 radical (unpaired) electrons. The van der Waals surface area contributed by atoms with Gasteiger partial charge in [0.25, 0.3) is 0 Å². The van der Waals surface area contributed by atoms with Gasteiger partial charge in [-0.15, -0.1) is 0 Å². The first-order valence-electron chi connectivity index (χ1n) is 8.60. The van der Waals surface area contributed by atoms with Gasteiger partial charge in [-0.05, 0) is 58.2 Å². The van der Waals surface area contributed by atoms with Gasteiger partial charge in [0.2, 0.25) is 0 Å². The lowest BCUT2D eigenvalue weighted by Crippen LogP contribution is -2.51. The van der Waals surface area contributed by atoms with Crippen LogP contribution in [0.3, 0.4) is 0 Å². The number of likely N-dealkylation sites (tertiary alicyclic amines) is 1. The van der Waals surface area contributed by atoms with Crippen LogP contribution in [-0.4, -0.2) is 30.1 Å². The summed E-state index contributed by atoms with van der Waals surface area (Å²) in [5.74, 6) is 0.807. The maximum Gasteiger partial charge on any atom is 0.0475 e. The molecular weight excluding hydrogens is 256 g/mol. The fraction of sp³-hybridized carbons (Fsp3) is 0.684. The summed E-state index contributed by atoms with van der Waals surface area (Å²) in [6.45, 7) is 13.8. The normalized spacial score (nSPS) is 26.5. The number of likely N-dealkylation sites (N-methyl/N-ethyl adjacent to an activating group) is 1. The highest BCUT2D eigenvalue weighted by atomic mass is 15.2. The minimum absolute atomic E-state index is 0.420. The monoisotopic (exact) mass is 288 g/mol. The highest BCUT2D eigenvalue weighted by Gasteiger charge is 2.32. The van der Waals surface area contributed by atoms with E-state index in [1.807, 2.05) is 0 Å². The van der Waals surface area contributed by atoms with Crippen molar-refractivity contribution in [2.24, 2.45) is 5.92 Å².